The Morgan fingerprint density at radius 2 is 1.86 bits per heavy atom. The van der Waals surface area contributed by atoms with Gasteiger partial charge in [0.15, 0.2) is 0 Å². The molecule has 5 nitrogen and oxygen atoms in total. The second-order valence-corrected chi connectivity index (χ2v) is 5.26. The van der Waals surface area contributed by atoms with E-state index < -0.39 is 0 Å². The monoisotopic (exact) mass is 318 g/mol. The van der Waals surface area contributed by atoms with E-state index in [-0.39, 0.29) is 5.91 Å². The smallest absolute Gasteiger partial charge is 0.272 e. The minimum Gasteiger partial charge on any atom is -0.439 e. The fourth-order valence-corrected chi connectivity index (χ4v) is 2.27. The summed E-state index contributed by atoms with van der Waals surface area (Å²) in [4.78, 5) is 18.4. The van der Waals surface area contributed by atoms with E-state index >= 15 is 0 Å². The van der Waals surface area contributed by atoms with Crippen LogP contribution in [-0.2, 0) is 4.74 Å². The van der Waals surface area contributed by atoms with Crippen LogP contribution in [0.4, 0.5) is 0 Å². The van der Waals surface area contributed by atoms with Gasteiger partial charge >= 0.3 is 0 Å². The van der Waals surface area contributed by atoms with Gasteiger partial charge in [0.25, 0.3) is 5.91 Å². The molecule has 0 radical (unpaired) electrons. The van der Waals surface area contributed by atoms with Gasteiger partial charge in [0.2, 0.25) is 5.88 Å². The van der Waals surface area contributed by atoms with Gasteiger partial charge < -0.3 is 14.4 Å². The summed E-state index contributed by atoms with van der Waals surface area (Å²) in [6, 6.07) is 12.1. The average molecular weight is 319 g/mol. The largest absolute Gasteiger partial charge is 0.439 e. The van der Waals surface area contributed by atoms with Gasteiger partial charge in [-0.15, -0.1) is 0 Å². The van der Waals surface area contributed by atoms with E-state index in [0.29, 0.717) is 48.6 Å². The number of pyridine rings is 1. The van der Waals surface area contributed by atoms with Crippen LogP contribution in [0.2, 0.25) is 5.02 Å². The van der Waals surface area contributed by atoms with Crippen LogP contribution in [-0.4, -0.2) is 42.1 Å². The molecule has 1 aromatic carbocycles. The van der Waals surface area contributed by atoms with Gasteiger partial charge in [0.1, 0.15) is 11.4 Å². The lowest BCUT2D eigenvalue weighted by molar-refractivity contribution is 0.0298. The summed E-state index contributed by atoms with van der Waals surface area (Å²) in [5.41, 5.74) is 0.369. The molecular formula is C16H15ClN2O3. The van der Waals surface area contributed by atoms with E-state index in [0.717, 1.165) is 0 Å². The van der Waals surface area contributed by atoms with Gasteiger partial charge in [-0.25, -0.2) is 4.98 Å². The number of carbonyl (C=O) groups excluding carboxylic acids is 1. The Balaban J connectivity index is 1.74. The first-order chi connectivity index (χ1) is 10.7. The second-order valence-electron chi connectivity index (χ2n) is 4.82. The molecule has 1 aliphatic heterocycles. The number of aromatic nitrogens is 1. The number of rotatable bonds is 3. The summed E-state index contributed by atoms with van der Waals surface area (Å²) < 4.78 is 10.9. The highest BCUT2D eigenvalue weighted by atomic mass is 35.5. The molecule has 0 bridgehead atoms. The zero-order chi connectivity index (χ0) is 15.4. The summed E-state index contributed by atoms with van der Waals surface area (Å²) in [6.07, 6.45) is 0. The van der Waals surface area contributed by atoms with Crippen LogP contribution < -0.4 is 4.74 Å². The zero-order valence-corrected chi connectivity index (χ0v) is 12.6. The minimum atomic E-state index is -0.107. The Morgan fingerprint density at radius 1 is 1.14 bits per heavy atom. The van der Waals surface area contributed by atoms with Crippen LogP contribution in [0.25, 0.3) is 0 Å². The second kappa shape index (κ2) is 6.77. The van der Waals surface area contributed by atoms with Crippen LogP contribution in [0.3, 0.4) is 0 Å². The number of benzene rings is 1. The predicted molar refractivity (Wildman–Crippen MR) is 82.5 cm³/mol. The van der Waals surface area contributed by atoms with E-state index in [4.69, 9.17) is 21.1 Å². The van der Waals surface area contributed by atoms with Gasteiger partial charge in [0, 0.05) is 24.2 Å². The highest BCUT2D eigenvalue weighted by molar-refractivity contribution is 6.30. The Hall–Kier alpha value is -2.11. The number of carbonyl (C=O) groups is 1. The molecule has 1 fully saturated rings. The first kappa shape index (κ1) is 14.8. The number of amides is 1. The van der Waals surface area contributed by atoms with Gasteiger partial charge in [-0.1, -0.05) is 17.7 Å². The summed E-state index contributed by atoms with van der Waals surface area (Å²) >= 11 is 5.84. The first-order valence-corrected chi connectivity index (χ1v) is 7.38. The van der Waals surface area contributed by atoms with Gasteiger partial charge in [-0.05, 0) is 30.3 Å². The first-order valence-electron chi connectivity index (χ1n) is 7.00. The summed E-state index contributed by atoms with van der Waals surface area (Å²) in [7, 11) is 0. The average Bonchev–Trinajstić information content (AvgIpc) is 2.57. The Bertz CT molecular complexity index is 655. The molecule has 1 aromatic heterocycles. The van der Waals surface area contributed by atoms with E-state index in [9.17, 15) is 4.79 Å². The molecule has 114 valence electrons. The summed E-state index contributed by atoms with van der Waals surface area (Å²) in [5.74, 6) is 0.888. The van der Waals surface area contributed by atoms with Crippen molar-refractivity contribution >= 4 is 17.5 Å². The molecule has 22 heavy (non-hydrogen) atoms. The van der Waals surface area contributed by atoms with Crippen molar-refractivity contribution < 1.29 is 14.3 Å². The van der Waals surface area contributed by atoms with Gasteiger partial charge in [0.05, 0.1) is 13.2 Å². The highest BCUT2D eigenvalue weighted by Crippen LogP contribution is 2.22. The summed E-state index contributed by atoms with van der Waals surface area (Å²) in [5, 5.41) is 0.636. The summed E-state index contributed by atoms with van der Waals surface area (Å²) in [6.45, 7) is 2.30. The fraction of sp³-hybridized carbons (Fsp3) is 0.250. The molecule has 0 saturated carbocycles. The maximum absolute atomic E-state index is 12.4. The van der Waals surface area contributed by atoms with Crippen molar-refractivity contribution in [3.05, 3.63) is 53.2 Å². The number of nitrogens with zero attached hydrogens (tertiary/aromatic N) is 2. The molecule has 0 aliphatic carbocycles. The van der Waals surface area contributed by atoms with Crippen molar-refractivity contribution in [1.29, 1.82) is 0 Å². The fourth-order valence-electron chi connectivity index (χ4n) is 2.14. The Morgan fingerprint density at radius 3 is 2.59 bits per heavy atom. The van der Waals surface area contributed by atoms with Crippen LogP contribution in [0.5, 0.6) is 11.6 Å². The maximum Gasteiger partial charge on any atom is 0.272 e. The molecule has 2 heterocycles. The van der Waals surface area contributed by atoms with E-state index in [1.54, 1.807) is 47.4 Å². The molecule has 2 aromatic rings. The SMILES string of the molecule is O=C(c1cccc(Oc2ccc(Cl)cc2)n1)N1CCOCC1. The molecule has 1 amide bonds. The molecule has 0 unspecified atom stereocenters. The Kier molecular flexibility index (Phi) is 4.56. The van der Waals surface area contributed by atoms with Crippen molar-refractivity contribution in [2.75, 3.05) is 26.3 Å². The molecular weight excluding hydrogens is 304 g/mol. The molecule has 3 rings (SSSR count). The molecule has 0 spiro atoms. The molecule has 0 atom stereocenters. The molecule has 1 aliphatic rings. The van der Waals surface area contributed by atoms with E-state index in [2.05, 4.69) is 4.98 Å². The number of ether oxygens (including phenoxy) is 2. The van der Waals surface area contributed by atoms with Crippen LogP contribution in [0.1, 0.15) is 10.5 Å². The highest BCUT2D eigenvalue weighted by Gasteiger charge is 2.19. The van der Waals surface area contributed by atoms with Crippen molar-refractivity contribution in [2.24, 2.45) is 0 Å². The number of hydrogen-bond acceptors (Lipinski definition) is 4. The number of hydrogen-bond donors (Lipinski definition) is 0. The van der Waals surface area contributed by atoms with Crippen molar-refractivity contribution in [2.45, 2.75) is 0 Å². The van der Waals surface area contributed by atoms with Crippen LogP contribution in [0.15, 0.2) is 42.5 Å². The number of halogens is 1. The molecule has 1 saturated heterocycles. The lowest BCUT2D eigenvalue weighted by atomic mass is 10.3. The predicted octanol–water partition coefficient (Wildman–Crippen LogP) is 3.00. The van der Waals surface area contributed by atoms with E-state index in [1.165, 1.54) is 0 Å². The zero-order valence-electron chi connectivity index (χ0n) is 11.9. The maximum atomic E-state index is 12.4. The molecule has 0 N–H and O–H groups in total. The minimum absolute atomic E-state index is 0.107. The third kappa shape index (κ3) is 3.55. The van der Waals surface area contributed by atoms with Gasteiger partial charge in [-0.3, -0.25) is 4.79 Å². The quantitative estimate of drug-likeness (QED) is 0.873. The third-order valence-corrected chi connectivity index (χ3v) is 3.53. The van der Waals surface area contributed by atoms with Crippen molar-refractivity contribution in [3.63, 3.8) is 0 Å². The normalized spacial score (nSPS) is 14.7. The lowest BCUT2D eigenvalue weighted by Crippen LogP contribution is -2.41. The third-order valence-electron chi connectivity index (χ3n) is 3.28. The van der Waals surface area contributed by atoms with Gasteiger partial charge in [-0.2, -0.15) is 0 Å². The van der Waals surface area contributed by atoms with Crippen LogP contribution >= 0.6 is 11.6 Å². The van der Waals surface area contributed by atoms with Crippen LogP contribution in [0, 0.1) is 0 Å². The number of morpholine rings is 1. The van der Waals surface area contributed by atoms with Crippen molar-refractivity contribution in [1.82, 2.24) is 9.88 Å². The van der Waals surface area contributed by atoms with E-state index in [1.807, 2.05) is 0 Å². The van der Waals surface area contributed by atoms with Crippen molar-refractivity contribution in [3.8, 4) is 11.6 Å². The Labute approximate surface area is 133 Å². The topological polar surface area (TPSA) is 51.7 Å². The lowest BCUT2D eigenvalue weighted by Gasteiger charge is -2.26. The molecule has 6 heteroatoms. The standard InChI is InChI=1S/C16H15ClN2O3/c17-12-4-6-13(7-5-12)22-15-3-1-2-14(18-15)16(20)19-8-10-21-11-9-19/h1-7H,8-11H2.